The maximum Gasteiger partial charge on any atom is 0.130 e. The van der Waals surface area contributed by atoms with Crippen LogP contribution in [-0.4, -0.2) is 17.6 Å². The summed E-state index contributed by atoms with van der Waals surface area (Å²) in [6.45, 7) is 2.03. The molecule has 0 radical (unpaired) electrons. The van der Waals surface area contributed by atoms with Gasteiger partial charge in [0.25, 0.3) is 0 Å². The van der Waals surface area contributed by atoms with Crippen LogP contribution >= 0.6 is 11.8 Å². The second-order valence-electron chi connectivity index (χ2n) is 3.70. The van der Waals surface area contributed by atoms with Crippen molar-refractivity contribution < 1.29 is 4.79 Å². The zero-order valence-electron chi connectivity index (χ0n) is 9.74. The summed E-state index contributed by atoms with van der Waals surface area (Å²) in [6, 6.07) is 9.95. The SMILES string of the molecule is CC(=O)CC(CCN=[N+]=[N-])Sc1ccccc1. The van der Waals surface area contributed by atoms with E-state index in [1.807, 2.05) is 30.3 Å². The Bertz CT molecular complexity index is 401. The normalized spacial score (nSPS) is 11.6. The van der Waals surface area contributed by atoms with Crippen LogP contribution in [-0.2, 0) is 4.79 Å². The molecule has 0 spiro atoms. The van der Waals surface area contributed by atoms with Gasteiger partial charge in [0.1, 0.15) is 5.78 Å². The van der Waals surface area contributed by atoms with Crippen LogP contribution in [0, 0.1) is 0 Å². The van der Waals surface area contributed by atoms with Gasteiger partial charge in [-0.25, -0.2) is 0 Å². The van der Waals surface area contributed by atoms with Crippen molar-refractivity contribution in [3.8, 4) is 0 Å². The molecule has 0 aliphatic heterocycles. The van der Waals surface area contributed by atoms with E-state index < -0.39 is 0 Å². The first kappa shape index (κ1) is 13.6. The quantitative estimate of drug-likeness (QED) is 0.319. The molecule has 4 nitrogen and oxygen atoms in total. The van der Waals surface area contributed by atoms with Gasteiger partial charge in [0.05, 0.1) is 0 Å². The summed E-state index contributed by atoms with van der Waals surface area (Å²) in [6.07, 6.45) is 1.24. The number of thioether (sulfide) groups is 1. The Morgan fingerprint density at radius 3 is 2.76 bits per heavy atom. The van der Waals surface area contributed by atoms with E-state index in [0.29, 0.717) is 13.0 Å². The van der Waals surface area contributed by atoms with Crippen molar-refractivity contribution >= 4 is 17.5 Å². The van der Waals surface area contributed by atoms with E-state index in [4.69, 9.17) is 5.53 Å². The van der Waals surface area contributed by atoms with Crippen molar-refractivity contribution in [1.82, 2.24) is 0 Å². The van der Waals surface area contributed by atoms with Gasteiger partial charge >= 0.3 is 0 Å². The van der Waals surface area contributed by atoms with Gasteiger partial charge in [0, 0.05) is 28.0 Å². The molecule has 0 heterocycles. The Morgan fingerprint density at radius 2 is 2.18 bits per heavy atom. The second kappa shape index (κ2) is 7.76. The van der Waals surface area contributed by atoms with Gasteiger partial charge in [0.15, 0.2) is 0 Å². The van der Waals surface area contributed by atoms with Crippen molar-refractivity contribution in [2.45, 2.75) is 29.9 Å². The molecule has 0 saturated carbocycles. The highest BCUT2D eigenvalue weighted by molar-refractivity contribution is 8.00. The maximum atomic E-state index is 11.2. The molecule has 0 aliphatic carbocycles. The van der Waals surface area contributed by atoms with Crippen molar-refractivity contribution in [1.29, 1.82) is 0 Å². The molecule has 0 saturated heterocycles. The minimum absolute atomic E-state index is 0.166. The number of ketones is 1. The highest BCUT2D eigenvalue weighted by Gasteiger charge is 2.12. The van der Waals surface area contributed by atoms with Crippen LogP contribution in [0.2, 0.25) is 0 Å². The average molecular weight is 249 g/mol. The van der Waals surface area contributed by atoms with Gasteiger partial charge < -0.3 is 0 Å². The van der Waals surface area contributed by atoms with Crippen LogP contribution in [0.25, 0.3) is 10.4 Å². The molecule has 0 aliphatic rings. The molecule has 1 unspecified atom stereocenters. The molecule has 17 heavy (non-hydrogen) atoms. The van der Waals surface area contributed by atoms with Gasteiger partial charge in [-0.15, -0.1) is 11.8 Å². The summed E-state index contributed by atoms with van der Waals surface area (Å²) in [5, 5.41) is 3.70. The zero-order valence-corrected chi connectivity index (χ0v) is 10.6. The number of rotatable bonds is 7. The monoisotopic (exact) mass is 249 g/mol. The number of hydrogen-bond donors (Lipinski definition) is 0. The molecule has 0 fully saturated rings. The van der Waals surface area contributed by atoms with E-state index in [1.165, 1.54) is 0 Å². The lowest BCUT2D eigenvalue weighted by atomic mass is 10.2. The van der Waals surface area contributed by atoms with Crippen LogP contribution in [0.3, 0.4) is 0 Å². The van der Waals surface area contributed by atoms with Crippen LogP contribution in [0.5, 0.6) is 0 Å². The van der Waals surface area contributed by atoms with E-state index >= 15 is 0 Å². The lowest BCUT2D eigenvalue weighted by Gasteiger charge is -2.13. The van der Waals surface area contributed by atoms with Crippen LogP contribution in [0.4, 0.5) is 0 Å². The lowest BCUT2D eigenvalue weighted by Crippen LogP contribution is -2.09. The molecule has 1 aromatic carbocycles. The largest absolute Gasteiger partial charge is 0.300 e. The summed E-state index contributed by atoms with van der Waals surface area (Å²) in [7, 11) is 0. The second-order valence-corrected chi connectivity index (χ2v) is 5.08. The fourth-order valence-electron chi connectivity index (χ4n) is 1.46. The Balaban J connectivity index is 2.56. The van der Waals surface area contributed by atoms with Gasteiger partial charge in [-0.1, -0.05) is 23.3 Å². The smallest absolute Gasteiger partial charge is 0.130 e. The van der Waals surface area contributed by atoms with E-state index in [9.17, 15) is 4.79 Å². The highest BCUT2D eigenvalue weighted by atomic mass is 32.2. The van der Waals surface area contributed by atoms with Crippen LogP contribution in [0.15, 0.2) is 40.3 Å². The Labute approximate surface area is 105 Å². The first-order chi connectivity index (χ1) is 8.22. The standard InChI is InChI=1S/C12H15N3OS/c1-10(16)9-12(7-8-14-15-13)17-11-5-3-2-4-6-11/h2-6,12H,7-9H2,1H3. The third-order valence-corrected chi connectivity index (χ3v) is 3.46. The Kier molecular flexibility index (Phi) is 6.22. The van der Waals surface area contributed by atoms with E-state index in [-0.39, 0.29) is 11.0 Å². The van der Waals surface area contributed by atoms with Crippen molar-refractivity contribution in [2.24, 2.45) is 5.11 Å². The van der Waals surface area contributed by atoms with Gasteiger partial charge in [-0.2, -0.15) is 0 Å². The van der Waals surface area contributed by atoms with Crippen LogP contribution < -0.4 is 0 Å². The topological polar surface area (TPSA) is 65.8 Å². The predicted octanol–water partition coefficient (Wildman–Crippen LogP) is 3.83. The molecular weight excluding hydrogens is 234 g/mol. The molecule has 1 rings (SSSR count). The number of azide groups is 1. The molecule has 1 aromatic rings. The minimum atomic E-state index is 0.166. The summed E-state index contributed by atoms with van der Waals surface area (Å²) < 4.78 is 0. The molecule has 0 N–H and O–H groups in total. The summed E-state index contributed by atoms with van der Waals surface area (Å²) >= 11 is 1.66. The van der Waals surface area contributed by atoms with Crippen molar-refractivity contribution in [3.05, 3.63) is 40.8 Å². The van der Waals surface area contributed by atoms with Gasteiger partial charge in [-0.3, -0.25) is 4.79 Å². The predicted molar refractivity (Wildman–Crippen MR) is 70.0 cm³/mol. The number of nitrogens with zero attached hydrogens (tertiary/aromatic N) is 3. The zero-order chi connectivity index (χ0) is 12.5. The summed E-state index contributed by atoms with van der Waals surface area (Å²) in [4.78, 5) is 15.0. The fourth-order valence-corrected chi connectivity index (χ4v) is 2.70. The third kappa shape index (κ3) is 6.00. The first-order valence-electron chi connectivity index (χ1n) is 5.44. The maximum absolute atomic E-state index is 11.2. The number of Topliss-reactive ketones (excluding diaryl/α,β-unsaturated/α-hetero) is 1. The van der Waals surface area contributed by atoms with E-state index in [2.05, 4.69) is 10.0 Å². The van der Waals surface area contributed by atoms with E-state index in [0.717, 1.165) is 11.3 Å². The molecule has 90 valence electrons. The summed E-state index contributed by atoms with van der Waals surface area (Å²) in [5.74, 6) is 0.166. The summed E-state index contributed by atoms with van der Waals surface area (Å²) in [5.41, 5.74) is 8.24. The van der Waals surface area contributed by atoms with Gasteiger partial charge in [0.2, 0.25) is 0 Å². The van der Waals surface area contributed by atoms with Crippen molar-refractivity contribution in [3.63, 3.8) is 0 Å². The van der Waals surface area contributed by atoms with E-state index in [1.54, 1.807) is 18.7 Å². The number of carbonyl (C=O) groups excluding carboxylic acids is 1. The number of hydrogen-bond acceptors (Lipinski definition) is 3. The lowest BCUT2D eigenvalue weighted by molar-refractivity contribution is -0.117. The number of carbonyl (C=O) groups is 1. The average Bonchev–Trinajstić information content (AvgIpc) is 2.30. The van der Waals surface area contributed by atoms with Crippen LogP contribution in [0.1, 0.15) is 19.8 Å². The fraction of sp³-hybridized carbons (Fsp3) is 0.417. The highest BCUT2D eigenvalue weighted by Crippen LogP contribution is 2.27. The molecule has 0 amide bonds. The molecule has 0 bridgehead atoms. The molecule has 0 aromatic heterocycles. The Morgan fingerprint density at radius 1 is 1.47 bits per heavy atom. The molecule has 1 atom stereocenters. The van der Waals surface area contributed by atoms with Gasteiger partial charge in [-0.05, 0) is 31.0 Å². The number of benzene rings is 1. The molecular formula is C12H15N3OS. The third-order valence-electron chi connectivity index (χ3n) is 2.18. The van der Waals surface area contributed by atoms with Crippen molar-refractivity contribution in [2.75, 3.05) is 6.54 Å². The first-order valence-corrected chi connectivity index (χ1v) is 6.32. The Hall–Kier alpha value is -1.45. The molecule has 5 heteroatoms. The minimum Gasteiger partial charge on any atom is -0.300 e.